The second-order valence-electron chi connectivity index (χ2n) is 6.80. The Morgan fingerprint density at radius 3 is 2.67 bits per heavy atom. The van der Waals surface area contributed by atoms with Crippen molar-refractivity contribution in [1.29, 1.82) is 0 Å². The molecule has 3 aromatic rings. The van der Waals surface area contributed by atoms with Gasteiger partial charge in [0.15, 0.2) is 16.1 Å². The van der Waals surface area contributed by atoms with Gasteiger partial charge in [0.25, 0.3) is 5.91 Å². The summed E-state index contributed by atoms with van der Waals surface area (Å²) in [6.07, 6.45) is 4.37. The smallest absolute Gasteiger partial charge is 0.251 e. The molecular weight excluding hydrogens is 480 g/mol. The fourth-order valence-electron chi connectivity index (χ4n) is 3.02. The highest BCUT2D eigenvalue weighted by atomic mass is 32.2. The van der Waals surface area contributed by atoms with Crippen LogP contribution in [0.2, 0.25) is 0 Å². The maximum Gasteiger partial charge on any atom is 0.251 e. The lowest BCUT2D eigenvalue weighted by atomic mass is 10.1. The van der Waals surface area contributed by atoms with Crippen LogP contribution in [0.25, 0.3) is 0 Å². The topological polar surface area (TPSA) is 111 Å². The van der Waals surface area contributed by atoms with Gasteiger partial charge in [0.2, 0.25) is 5.91 Å². The van der Waals surface area contributed by atoms with E-state index in [1.807, 2.05) is 17.7 Å². The lowest BCUT2D eigenvalue weighted by Gasteiger charge is -2.19. The number of thiazole rings is 1. The number of nitrogens with one attached hydrogen (secondary N) is 2. The van der Waals surface area contributed by atoms with E-state index in [4.69, 9.17) is 4.74 Å². The van der Waals surface area contributed by atoms with E-state index in [1.165, 1.54) is 23.1 Å². The molecule has 0 bridgehead atoms. The Kier molecular flexibility index (Phi) is 9.58. The van der Waals surface area contributed by atoms with Crippen molar-refractivity contribution >= 4 is 51.8 Å². The molecular formula is C21H26N6O3S3. The van der Waals surface area contributed by atoms with Crippen LogP contribution in [-0.2, 0) is 11.3 Å². The van der Waals surface area contributed by atoms with Crippen LogP contribution in [0, 0.1) is 0 Å². The number of anilines is 1. The van der Waals surface area contributed by atoms with Crippen molar-refractivity contribution in [3.63, 3.8) is 0 Å². The van der Waals surface area contributed by atoms with Crippen LogP contribution in [0.15, 0.2) is 41.0 Å². The van der Waals surface area contributed by atoms with Gasteiger partial charge in [-0.2, -0.15) is 11.8 Å². The quantitative estimate of drug-likeness (QED) is 0.358. The van der Waals surface area contributed by atoms with E-state index in [0.29, 0.717) is 40.4 Å². The Morgan fingerprint density at radius 1 is 1.24 bits per heavy atom. The molecule has 33 heavy (non-hydrogen) atoms. The van der Waals surface area contributed by atoms with Crippen LogP contribution in [0.1, 0.15) is 35.6 Å². The Labute approximate surface area is 205 Å². The summed E-state index contributed by atoms with van der Waals surface area (Å²) in [6, 6.07) is 6.66. The van der Waals surface area contributed by atoms with Crippen molar-refractivity contribution in [1.82, 2.24) is 25.1 Å². The van der Waals surface area contributed by atoms with Gasteiger partial charge in [-0.25, -0.2) is 4.98 Å². The number of ether oxygens (including phenoxy) is 1. The van der Waals surface area contributed by atoms with E-state index in [-0.39, 0.29) is 23.6 Å². The largest absolute Gasteiger partial charge is 0.497 e. The Hall–Kier alpha value is -2.57. The average molecular weight is 507 g/mol. The van der Waals surface area contributed by atoms with Crippen molar-refractivity contribution in [3.8, 4) is 5.75 Å². The molecule has 0 aliphatic rings. The molecule has 0 fully saturated rings. The minimum absolute atomic E-state index is 0.158. The molecule has 3 rings (SSSR count). The first-order valence-electron chi connectivity index (χ1n) is 10.2. The molecule has 1 atom stereocenters. The summed E-state index contributed by atoms with van der Waals surface area (Å²) in [7, 11) is 1.59. The minimum atomic E-state index is -0.307. The summed E-state index contributed by atoms with van der Waals surface area (Å²) < 4.78 is 7.11. The van der Waals surface area contributed by atoms with Crippen LogP contribution in [-0.4, -0.2) is 56.4 Å². The van der Waals surface area contributed by atoms with E-state index >= 15 is 0 Å². The predicted molar refractivity (Wildman–Crippen MR) is 133 cm³/mol. The van der Waals surface area contributed by atoms with Crippen LogP contribution in [0.3, 0.4) is 0 Å². The number of hydrogen-bond donors (Lipinski definition) is 2. The van der Waals surface area contributed by atoms with Crippen LogP contribution < -0.4 is 15.4 Å². The third-order valence-corrected chi connectivity index (χ3v) is 6.95. The summed E-state index contributed by atoms with van der Waals surface area (Å²) in [5.41, 5.74) is 0.543. The average Bonchev–Trinajstić information content (AvgIpc) is 3.49. The number of amides is 2. The van der Waals surface area contributed by atoms with Crippen LogP contribution in [0.5, 0.6) is 5.75 Å². The molecule has 2 amide bonds. The van der Waals surface area contributed by atoms with E-state index in [0.717, 1.165) is 5.75 Å². The van der Waals surface area contributed by atoms with E-state index < -0.39 is 0 Å². The number of thioether (sulfide) groups is 2. The lowest BCUT2D eigenvalue weighted by Crippen LogP contribution is -2.31. The number of hydrogen-bond acceptors (Lipinski definition) is 9. The monoisotopic (exact) mass is 506 g/mol. The van der Waals surface area contributed by atoms with Gasteiger partial charge in [0.05, 0.1) is 18.9 Å². The normalized spacial score (nSPS) is 11.7. The van der Waals surface area contributed by atoms with Crippen molar-refractivity contribution in [2.75, 3.05) is 30.2 Å². The highest BCUT2D eigenvalue weighted by Crippen LogP contribution is 2.24. The summed E-state index contributed by atoms with van der Waals surface area (Å²) in [6.45, 7) is 2.61. The number of nitrogens with zero attached hydrogens (tertiary/aromatic N) is 4. The molecule has 0 radical (unpaired) electrons. The molecule has 1 aromatic carbocycles. The van der Waals surface area contributed by atoms with E-state index in [1.54, 1.807) is 54.7 Å². The third-order valence-electron chi connectivity index (χ3n) is 4.65. The van der Waals surface area contributed by atoms with Gasteiger partial charge in [-0.1, -0.05) is 11.8 Å². The number of carbonyl (C=O) groups is 2. The first-order chi connectivity index (χ1) is 16.0. The molecule has 2 heterocycles. The highest BCUT2D eigenvalue weighted by Gasteiger charge is 2.23. The molecule has 0 aliphatic heterocycles. The molecule has 0 saturated heterocycles. The van der Waals surface area contributed by atoms with Gasteiger partial charge in [0.1, 0.15) is 5.75 Å². The van der Waals surface area contributed by atoms with Crippen molar-refractivity contribution in [3.05, 3.63) is 47.2 Å². The first-order valence-corrected chi connectivity index (χ1v) is 13.5. The predicted octanol–water partition coefficient (Wildman–Crippen LogP) is 3.72. The zero-order valence-corrected chi connectivity index (χ0v) is 21.1. The summed E-state index contributed by atoms with van der Waals surface area (Å²) in [4.78, 5) is 29.2. The summed E-state index contributed by atoms with van der Waals surface area (Å²) in [5.74, 6) is 2.06. The molecule has 0 aliphatic carbocycles. The first kappa shape index (κ1) is 25.1. The second-order valence-corrected chi connectivity index (χ2v) is 9.62. The number of aromatic nitrogens is 4. The molecule has 0 spiro atoms. The SMILES string of the molecule is CCn1c(SCC(=O)Nc2nccs2)nnc1[C@H](CCSC)NC(=O)c1ccc(OC)cc1. The molecule has 0 unspecified atom stereocenters. The molecule has 2 aromatic heterocycles. The number of methoxy groups -OCH3 is 1. The third kappa shape index (κ3) is 6.95. The summed E-state index contributed by atoms with van der Waals surface area (Å²) >= 11 is 4.37. The Balaban J connectivity index is 1.71. The van der Waals surface area contributed by atoms with Crippen LogP contribution in [0.4, 0.5) is 5.13 Å². The zero-order chi connectivity index (χ0) is 23.6. The Bertz CT molecular complexity index is 1040. The maximum atomic E-state index is 12.9. The van der Waals surface area contributed by atoms with Gasteiger partial charge in [-0.05, 0) is 49.6 Å². The molecule has 0 saturated carbocycles. The van der Waals surface area contributed by atoms with E-state index in [9.17, 15) is 9.59 Å². The summed E-state index contributed by atoms with van der Waals surface area (Å²) in [5, 5.41) is 17.5. The van der Waals surface area contributed by atoms with Gasteiger partial charge in [0, 0.05) is 23.7 Å². The number of rotatable bonds is 12. The molecule has 2 N–H and O–H groups in total. The fourth-order valence-corrected chi connectivity index (χ4v) is 4.84. The molecule has 9 nitrogen and oxygen atoms in total. The van der Waals surface area contributed by atoms with Crippen molar-refractivity contribution in [2.24, 2.45) is 0 Å². The van der Waals surface area contributed by atoms with Crippen molar-refractivity contribution in [2.45, 2.75) is 31.1 Å². The van der Waals surface area contributed by atoms with Gasteiger partial charge >= 0.3 is 0 Å². The maximum absolute atomic E-state index is 12.9. The van der Waals surface area contributed by atoms with E-state index in [2.05, 4.69) is 25.8 Å². The standard InChI is InChI=1S/C21H26N6O3S3/c1-4-27-18(25-26-21(27)33-13-17(28)24-20-22-10-12-32-20)16(9-11-31-3)23-19(29)14-5-7-15(30-2)8-6-14/h5-8,10,12,16H,4,9,11,13H2,1-3H3,(H,23,29)(H,22,24,28)/t16-/m0/s1. The van der Waals surface area contributed by atoms with Crippen molar-refractivity contribution < 1.29 is 14.3 Å². The minimum Gasteiger partial charge on any atom is -0.497 e. The lowest BCUT2D eigenvalue weighted by molar-refractivity contribution is -0.113. The van der Waals surface area contributed by atoms with Gasteiger partial charge < -0.3 is 19.9 Å². The second kappa shape index (κ2) is 12.6. The number of carbonyl (C=O) groups excluding carboxylic acids is 2. The Morgan fingerprint density at radius 2 is 2.03 bits per heavy atom. The number of benzene rings is 1. The highest BCUT2D eigenvalue weighted by molar-refractivity contribution is 7.99. The molecule has 12 heteroatoms. The molecule has 176 valence electrons. The van der Waals surface area contributed by atoms with Gasteiger partial charge in [-0.3, -0.25) is 9.59 Å². The van der Waals surface area contributed by atoms with Crippen LogP contribution >= 0.6 is 34.9 Å². The zero-order valence-electron chi connectivity index (χ0n) is 18.6. The van der Waals surface area contributed by atoms with Gasteiger partial charge in [-0.15, -0.1) is 21.5 Å². The fraction of sp³-hybridized carbons (Fsp3) is 0.381.